The van der Waals surface area contributed by atoms with E-state index in [0.717, 1.165) is 11.1 Å². The number of carbonyl (C=O) groups excluding carboxylic acids is 1. The average molecular weight is 250 g/mol. The van der Waals surface area contributed by atoms with E-state index in [1.165, 1.54) is 0 Å². The molecule has 0 aromatic heterocycles. The Kier molecular flexibility index (Phi) is 6.39. The maximum atomic E-state index is 11.8. The summed E-state index contributed by atoms with van der Waals surface area (Å²) in [4.78, 5) is 11.8. The van der Waals surface area contributed by atoms with Gasteiger partial charge in [-0.3, -0.25) is 4.79 Å². The molecular formula is C14H22N2O2. The molecule has 1 amide bonds. The fourth-order valence-electron chi connectivity index (χ4n) is 1.77. The first kappa shape index (κ1) is 14.7. The minimum Gasteiger partial charge on any atom is -0.377 e. The van der Waals surface area contributed by atoms with Crippen molar-refractivity contribution in [1.29, 1.82) is 0 Å². The van der Waals surface area contributed by atoms with Crippen molar-refractivity contribution in [2.45, 2.75) is 32.9 Å². The number of nitrogens with two attached hydrogens (primary N) is 1. The van der Waals surface area contributed by atoms with Gasteiger partial charge in [0.05, 0.1) is 12.5 Å². The van der Waals surface area contributed by atoms with E-state index >= 15 is 0 Å². The summed E-state index contributed by atoms with van der Waals surface area (Å²) in [5, 5.41) is 2.86. The van der Waals surface area contributed by atoms with Crippen molar-refractivity contribution in [1.82, 2.24) is 5.32 Å². The van der Waals surface area contributed by atoms with Gasteiger partial charge in [-0.1, -0.05) is 24.3 Å². The van der Waals surface area contributed by atoms with Crippen molar-refractivity contribution >= 4 is 5.91 Å². The Morgan fingerprint density at radius 3 is 2.67 bits per heavy atom. The molecule has 3 N–H and O–H groups in total. The second kappa shape index (κ2) is 7.84. The molecule has 0 saturated carbocycles. The monoisotopic (exact) mass is 250 g/mol. The van der Waals surface area contributed by atoms with E-state index in [9.17, 15) is 4.79 Å². The molecule has 0 spiro atoms. The normalized spacial score (nSPS) is 12.2. The van der Waals surface area contributed by atoms with Crippen molar-refractivity contribution in [3.8, 4) is 0 Å². The van der Waals surface area contributed by atoms with Gasteiger partial charge in [0.15, 0.2) is 0 Å². The quantitative estimate of drug-likeness (QED) is 0.765. The van der Waals surface area contributed by atoms with Gasteiger partial charge >= 0.3 is 0 Å². The standard InChI is InChI=1S/C14H22N2O2/c1-3-18-11(2)10-16-14(17)8-12-6-4-5-7-13(12)9-15/h4-7,11H,3,8-10,15H2,1-2H3,(H,16,17). The first-order valence-electron chi connectivity index (χ1n) is 6.32. The van der Waals surface area contributed by atoms with Crippen LogP contribution in [0.1, 0.15) is 25.0 Å². The van der Waals surface area contributed by atoms with Crippen molar-refractivity contribution in [3.63, 3.8) is 0 Å². The van der Waals surface area contributed by atoms with Gasteiger partial charge in [-0.15, -0.1) is 0 Å². The van der Waals surface area contributed by atoms with E-state index < -0.39 is 0 Å². The van der Waals surface area contributed by atoms with Crippen LogP contribution in [0.25, 0.3) is 0 Å². The fraction of sp³-hybridized carbons (Fsp3) is 0.500. The number of hydrogen-bond acceptors (Lipinski definition) is 3. The summed E-state index contributed by atoms with van der Waals surface area (Å²) in [6, 6.07) is 7.74. The zero-order valence-electron chi connectivity index (χ0n) is 11.1. The summed E-state index contributed by atoms with van der Waals surface area (Å²) < 4.78 is 5.35. The molecule has 4 heteroatoms. The van der Waals surface area contributed by atoms with Crippen molar-refractivity contribution in [2.75, 3.05) is 13.2 Å². The Morgan fingerprint density at radius 1 is 1.39 bits per heavy atom. The molecule has 0 heterocycles. The van der Waals surface area contributed by atoms with E-state index in [1.54, 1.807) is 0 Å². The summed E-state index contributed by atoms with van der Waals surface area (Å²) in [6.07, 6.45) is 0.412. The molecule has 0 aliphatic rings. The maximum absolute atomic E-state index is 11.8. The van der Waals surface area contributed by atoms with Crippen molar-refractivity contribution < 1.29 is 9.53 Å². The highest BCUT2D eigenvalue weighted by Crippen LogP contribution is 2.08. The van der Waals surface area contributed by atoms with E-state index in [4.69, 9.17) is 10.5 Å². The minimum absolute atomic E-state index is 0.00227. The lowest BCUT2D eigenvalue weighted by Gasteiger charge is -2.13. The molecule has 1 aromatic rings. The highest BCUT2D eigenvalue weighted by Gasteiger charge is 2.08. The van der Waals surface area contributed by atoms with Crippen LogP contribution < -0.4 is 11.1 Å². The number of amides is 1. The lowest BCUT2D eigenvalue weighted by atomic mass is 10.0. The second-order valence-corrected chi connectivity index (χ2v) is 4.22. The average Bonchev–Trinajstić information content (AvgIpc) is 2.37. The van der Waals surface area contributed by atoms with Gasteiger partial charge in [0.25, 0.3) is 0 Å². The van der Waals surface area contributed by atoms with Crippen LogP contribution in [0.5, 0.6) is 0 Å². The highest BCUT2D eigenvalue weighted by molar-refractivity contribution is 5.78. The van der Waals surface area contributed by atoms with Gasteiger partial charge in [-0.25, -0.2) is 0 Å². The molecule has 1 unspecified atom stereocenters. The Balaban J connectivity index is 2.44. The van der Waals surface area contributed by atoms with E-state index in [0.29, 0.717) is 26.1 Å². The third-order valence-corrected chi connectivity index (χ3v) is 2.73. The van der Waals surface area contributed by atoms with Gasteiger partial charge < -0.3 is 15.8 Å². The number of nitrogens with one attached hydrogen (secondary N) is 1. The van der Waals surface area contributed by atoms with Crippen LogP contribution in [0.3, 0.4) is 0 Å². The Bertz CT molecular complexity index is 380. The van der Waals surface area contributed by atoms with Gasteiger partial charge in [0, 0.05) is 19.7 Å². The molecule has 4 nitrogen and oxygen atoms in total. The van der Waals surface area contributed by atoms with Crippen LogP contribution in [-0.4, -0.2) is 25.2 Å². The third-order valence-electron chi connectivity index (χ3n) is 2.73. The van der Waals surface area contributed by atoms with E-state index in [-0.39, 0.29) is 12.0 Å². The number of carbonyl (C=O) groups is 1. The predicted molar refractivity (Wildman–Crippen MR) is 72.1 cm³/mol. The second-order valence-electron chi connectivity index (χ2n) is 4.22. The van der Waals surface area contributed by atoms with Gasteiger partial charge in [-0.2, -0.15) is 0 Å². The Morgan fingerprint density at radius 2 is 2.06 bits per heavy atom. The largest absolute Gasteiger partial charge is 0.377 e. The minimum atomic E-state index is 0.00227. The zero-order chi connectivity index (χ0) is 13.4. The summed E-state index contributed by atoms with van der Waals surface area (Å²) in [5.41, 5.74) is 7.64. The summed E-state index contributed by atoms with van der Waals surface area (Å²) in [5.74, 6) is 0.00227. The third kappa shape index (κ3) is 4.85. The van der Waals surface area contributed by atoms with E-state index in [2.05, 4.69) is 5.32 Å². The lowest BCUT2D eigenvalue weighted by molar-refractivity contribution is -0.121. The van der Waals surface area contributed by atoms with Crippen LogP contribution >= 0.6 is 0 Å². The van der Waals surface area contributed by atoms with Crippen molar-refractivity contribution in [3.05, 3.63) is 35.4 Å². The predicted octanol–water partition coefficient (Wildman–Crippen LogP) is 1.23. The lowest BCUT2D eigenvalue weighted by Crippen LogP contribution is -2.33. The summed E-state index contributed by atoms with van der Waals surface area (Å²) in [7, 11) is 0. The molecule has 1 rings (SSSR count). The number of ether oxygens (including phenoxy) is 1. The van der Waals surface area contributed by atoms with Crippen LogP contribution in [0.4, 0.5) is 0 Å². The van der Waals surface area contributed by atoms with Crippen LogP contribution in [-0.2, 0) is 22.5 Å². The van der Waals surface area contributed by atoms with Crippen LogP contribution in [0.15, 0.2) is 24.3 Å². The SMILES string of the molecule is CCOC(C)CNC(=O)Cc1ccccc1CN. The summed E-state index contributed by atoms with van der Waals surface area (Å²) in [6.45, 7) is 5.54. The molecule has 1 aromatic carbocycles. The molecule has 0 aliphatic heterocycles. The molecule has 0 fully saturated rings. The Hall–Kier alpha value is -1.39. The molecule has 0 bridgehead atoms. The number of benzene rings is 1. The van der Waals surface area contributed by atoms with Gasteiger partial charge in [0.2, 0.25) is 5.91 Å². The molecule has 1 atom stereocenters. The summed E-state index contributed by atoms with van der Waals surface area (Å²) >= 11 is 0. The maximum Gasteiger partial charge on any atom is 0.224 e. The first-order chi connectivity index (χ1) is 8.67. The van der Waals surface area contributed by atoms with Crippen LogP contribution in [0, 0.1) is 0 Å². The van der Waals surface area contributed by atoms with E-state index in [1.807, 2.05) is 38.1 Å². The smallest absolute Gasteiger partial charge is 0.224 e. The zero-order valence-corrected chi connectivity index (χ0v) is 11.1. The molecule has 0 radical (unpaired) electrons. The van der Waals surface area contributed by atoms with Gasteiger partial charge in [-0.05, 0) is 25.0 Å². The highest BCUT2D eigenvalue weighted by atomic mass is 16.5. The number of rotatable bonds is 7. The van der Waals surface area contributed by atoms with Crippen LogP contribution in [0.2, 0.25) is 0 Å². The van der Waals surface area contributed by atoms with Crippen molar-refractivity contribution in [2.24, 2.45) is 5.73 Å². The molecular weight excluding hydrogens is 228 g/mol. The topological polar surface area (TPSA) is 64.3 Å². The fourth-order valence-corrected chi connectivity index (χ4v) is 1.77. The first-order valence-corrected chi connectivity index (χ1v) is 6.32. The molecule has 18 heavy (non-hydrogen) atoms. The number of hydrogen-bond donors (Lipinski definition) is 2. The molecule has 100 valence electrons. The molecule has 0 saturated heterocycles. The molecule has 0 aliphatic carbocycles. The van der Waals surface area contributed by atoms with Gasteiger partial charge in [0.1, 0.15) is 0 Å². The Labute approximate surface area is 109 Å².